The van der Waals surface area contributed by atoms with Gasteiger partial charge in [0.1, 0.15) is 28.9 Å². The molecule has 0 N–H and O–H groups in total. The van der Waals surface area contributed by atoms with Gasteiger partial charge in [-0.25, -0.2) is 23.7 Å². The van der Waals surface area contributed by atoms with Crippen LogP contribution in [0.1, 0.15) is 28.7 Å². The number of aromatic nitrogens is 5. The van der Waals surface area contributed by atoms with Gasteiger partial charge >= 0.3 is 0 Å². The summed E-state index contributed by atoms with van der Waals surface area (Å²) in [5, 5.41) is -0.304. The quantitative estimate of drug-likeness (QED) is 0.384. The van der Waals surface area contributed by atoms with Gasteiger partial charge in [-0.1, -0.05) is 11.6 Å². The Hall–Kier alpha value is -3.30. The fraction of sp³-hybridized carbons (Fsp3) is 0.292. The summed E-state index contributed by atoms with van der Waals surface area (Å²) in [7, 11) is 0. The van der Waals surface area contributed by atoms with Crippen molar-refractivity contribution < 1.29 is 13.5 Å². The van der Waals surface area contributed by atoms with Gasteiger partial charge in [0.25, 0.3) is 0 Å². The molecule has 1 aromatic carbocycles. The number of rotatable bonds is 3. The second kappa shape index (κ2) is 8.81. The first-order valence-electron chi connectivity index (χ1n) is 10.8. The zero-order valence-electron chi connectivity index (χ0n) is 18.8. The monoisotopic (exact) mass is 482 g/mol. The third kappa shape index (κ3) is 4.17. The third-order valence-electron chi connectivity index (χ3n) is 5.84. The smallest absolute Gasteiger partial charge is 0.228 e. The van der Waals surface area contributed by atoms with Crippen molar-refractivity contribution in [1.82, 2.24) is 24.9 Å². The minimum Gasteiger partial charge on any atom is -0.370 e. The molecule has 0 saturated carbocycles. The summed E-state index contributed by atoms with van der Waals surface area (Å²) < 4.78 is 35.2. The number of halogens is 3. The van der Waals surface area contributed by atoms with Crippen LogP contribution in [0.2, 0.25) is 5.02 Å². The molecular formula is C24H21ClF2N6O. The van der Waals surface area contributed by atoms with Crippen molar-refractivity contribution in [3.05, 3.63) is 69.8 Å². The Morgan fingerprint density at radius 3 is 2.59 bits per heavy atom. The van der Waals surface area contributed by atoms with E-state index in [1.165, 1.54) is 0 Å². The lowest BCUT2D eigenvalue weighted by Gasteiger charge is -2.33. The highest BCUT2D eigenvalue weighted by Gasteiger charge is 2.26. The zero-order valence-corrected chi connectivity index (χ0v) is 19.6. The maximum atomic E-state index is 14.9. The number of hydrogen-bond acceptors (Lipinski definition) is 7. The van der Waals surface area contributed by atoms with Crippen LogP contribution in [0.15, 0.2) is 30.5 Å². The predicted octanol–water partition coefficient (Wildman–Crippen LogP) is 4.92. The molecule has 0 radical (unpaired) electrons. The van der Waals surface area contributed by atoms with Gasteiger partial charge in [0.2, 0.25) is 5.95 Å². The van der Waals surface area contributed by atoms with Crippen molar-refractivity contribution in [1.29, 1.82) is 0 Å². The Bertz CT molecular complexity index is 1420. The molecular weight excluding hydrogens is 462 g/mol. The molecule has 10 heteroatoms. The van der Waals surface area contributed by atoms with E-state index >= 15 is 0 Å². The van der Waals surface area contributed by atoms with Gasteiger partial charge in [-0.3, -0.25) is 4.98 Å². The average Bonchev–Trinajstić information content (AvgIpc) is 2.82. The van der Waals surface area contributed by atoms with Crippen molar-refractivity contribution in [3.8, 4) is 11.3 Å². The number of nitrogens with zero attached hydrogens (tertiary/aromatic N) is 6. The number of hydrogen-bond donors (Lipinski definition) is 0. The van der Waals surface area contributed by atoms with E-state index in [4.69, 9.17) is 16.3 Å². The van der Waals surface area contributed by atoms with Crippen LogP contribution < -0.4 is 4.90 Å². The molecule has 1 saturated heterocycles. The van der Waals surface area contributed by atoms with E-state index in [2.05, 4.69) is 24.9 Å². The number of benzene rings is 1. The van der Waals surface area contributed by atoms with Crippen LogP contribution in [0.3, 0.4) is 0 Å². The van der Waals surface area contributed by atoms with E-state index in [1.807, 2.05) is 30.9 Å². The first-order chi connectivity index (χ1) is 16.3. The highest BCUT2D eigenvalue weighted by Crippen LogP contribution is 2.33. The van der Waals surface area contributed by atoms with Crippen LogP contribution in [0.5, 0.6) is 0 Å². The Labute approximate surface area is 199 Å². The lowest BCUT2D eigenvalue weighted by molar-refractivity contribution is 0.0391. The molecule has 4 aromatic rings. The lowest BCUT2D eigenvalue weighted by Crippen LogP contribution is -2.39. The largest absolute Gasteiger partial charge is 0.370 e. The van der Waals surface area contributed by atoms with Crippen LogP contribution in [-0.4, -0.2) is 44.6 Å². The van der Waals surface area contributed by atoms with Crippen molar-refractivity contribution in [3.63, 3.8) is 0 Å². The minimum atomic E-state index is -0.748. The Kier molecular flexibility index (Phi) is 5.83. The Balaban J connectivity index is 1.64. The number of aryl methyl sites for hydroxylation is 3. The lowest BCUT2D eigenvalue weighted by atomic mass is 10.1. The molecule has 0 amide bonds. The predicted molar refractivity (Wildman–Crippen MR) is 125 cm³/mol. The molecule has 3 aromatic heterocycles. The fourth-order valence-electron chi connectivity index (χ4n) is 3.93. The fourth-order valence-corrected chi connectivity index (χ4v) is 4.08. The standard InChI is InChI=1S/C24H21ClF2N6O/c1-12-8-15(4-5-28-12)20-11-33(6-7-34-20)24-31-21(16-9-19(27)17(25)10-18(16)26)22-23(32-24)30-14(3)13(2)29-22/h4-5,8-10,20H,6-7,11H2,1-3H3. The van der Waals surface area contributed by atoms with E-state index in [1.54, 1.807) is 13.1 Å². The molecule has 34 heavy (non-hydrogen) atoms. The van der Waals surface area contributed by atoms with Crippen molar-refractivity contribution in [2.75, 3.05) is 24.6 Å². The van der Waals surface area contributed by atoms with Gasteiger partial charge in [0.15, 0.2) is 5.65 Å². The number of morpholine rings is 1. The molecule has 1 aliphatic rings. The van der Waals surface area contributed by atoms with Gasteiger partial charge in [-0.2, -0.15) is 4.98 Å². The van der Waals surface area contributed by atoms with Crippen molar-refractivity contribution in [2.24, 2.45) is 0 Å². The van der Waals surface area contributed by atoms with Crippen LogP contribution in [0, 0.1) is 32.4 Å². The Morgan fingerprint density at radius 2 is 1.79 bits per heavy atom. The molecule has 1 unspecified atom stereocenters. The maximum absolute atomic E-state index is 14.9. The summed E-state index contributed by atoms with van der Waals surface area (Å²) in [6, 6.07) is 5.86. The zero-order chi connectivity index (χ0) is 24.0. The third-order valence-corrected chi connectivity index (χ3v) is 6.13. The minimum absolute atomic E-state index is 0.0531. The molecule has 7 nitrogen and oxygen atoms in total. The van der Waals surface area contributed by atoms with Gasteiger partial charge in [0, 0.05) is 24.0 Å². The van der Waals surface area contributed by atoms with Crippen molar-refractivity contribution >= 4 is 28.7 Å². The molecule has 4 heterocycles. The highest BCUT2D eigenvalue weighted by atomic mass is 35.5. The van der Waals surface area contributed by atoms with Crippen LogP contribution in [-0.2, 0) is 4.74 Å². The van der Waals surface area contributed by atoms with E-state index in [9.17, 15) is 8.78 Å². The van der Waals surface area contributed by atoms with E-state index in [-0.39, 0.29) is 22.4 Å². The number of pyridine rings is 1. The van der Waals surface area contributed by atoms with E-state index in [0.717, 1.165) is 23.4 Å². The maximum Gasteiger partial charge on any atom is 0.228 e. The van der Waals surface area contributed by atoms with Crippen molar-refractivity contribution in [2.45, 2.75) is 26.9 Å². The van der Waals surface area contributed by atoms with Crippen LogP contribution in [0.25, 0.3) is 22.4 Å². The van der Waals surface area contributed by atoms with E-state index < -0.39 is 11.6 Å². The number of ether oxygens (including phenoxy) is 1. The molecule has 1 aliphatic heterocycles. The molecule has 174 valence electrons. The normalized spacial score (nSPS) is 16.3. The molecule has 1 atom stereocenters. The highest BCUT2D eigenvalue weighted by molar-refractivity contribution is 6.30. The molecule has 1 fully saturated rings. The van der Waals surface area contributed by atoms with Crippen LogP contribution in [0.4, 0.5) is 14.7 Å². The second-order valence-corrected chi connectivity index (χ2v) is 8.63. The first-order valence-corrected chi connectivity index (χ1v) is 11.1. The van der Waals surface area contributed by atoms with Crippen LogP contribution >= 0.6 is 11.6 Å². The SMILES string of the molecule is Cc1cc(C2CN(c3nc(-c4cc(F)c(Cl)cc4F)c4nc(C)c(C)nc4n3)CCO2)ccn1. The van der Waals surface area contributed by atoms with Gasteiger partial charge in [-0.05, 0) is 50.6 Å². The molecule has 0 bridgehead atoms. The molecule has 5 rings (SSSR count). The summed E-state index contributed by atoms with van der Waals surface area (Å²) in [4.78, 5) is 24.6. The molecule has 0 spiro atoms. The van der Waals surface area contributed by atoms with Gasteiger partial charge in [-0.15, -0.1) is 0 Å². The average molecular weight is 483 g/mol. The topological polar surface area (TPSA) is 76.9 Å². The number of fused-ring (bicyclic) bond motifs is 1. The van der Waals surface area contributed by atoms with E-state index in [0.29, 0.717) is 48.2 Å². The summed E-state index contributed by atoms with van der Waals surface area (Å²) in [5.41, 5.74) is 3.94. The van der Waals surface area contributed by atoms with Gasteiger partial charge in [0.05, 0.1) is 29.6 Å². The number of anilines is 1. The Morgan fingerprint density at radius 1 is 1.00 bits per heavy atom. The van der Waals surface area contributed by atoms with Gasteiger partial charge < -0.3 is 9.64 Å². The first kappa shape index (κ1) is 22.5. The molecule has 0 aliphatic carbocycles. The summed E-state index contributed by atoms with van der Waals surface area (Å²) in [6.07, 6.45) is 1.53. The summed E-state index contributed by atoms with van der Waals surface area (Å²) >= 11 is 5.77. The summed E-state index contributed by atoms with van der Waals surface area (Å²) in [6.45, 7) is 6.99. The summed E-state index contributed by atoms with van der Waals surface area (Å²) in [5.74, 6) is -1.11. The second-order valence-electron chi connectivity index (χ2n) is 8.22.